The van der Waals surface area contributed by atoms with Crippen LogP contribution in [-0.2, 0) is 0 Å². The number of carbonyl (C=O) groups is 1. The summed E-state index contributed by atoms with van der Waals surface area (Å²) in [4.78, 5) is 15.0. The Balaban J connectivity index is 1.86. The Morgan fingerprint density at radius 3 is 2.61 bits per heavy atom. The molecule has 0 unspecified atom stereocenters. The van der Waals surface area contributed by atoms with Crippen LogP contribution in [0.25, 0.3) is 0 Å². The van der Waals surface area contributed by atoms with Crippen molar-refractivity contribution in [2.45, 2.75) is 57.8 Å². The summed E-state index contributed by atoms with van der Waals surface area (Å²) in [7, 11) is 0. The monoisotopic (exact) mass is 245 g/mol. The van der Waals surface area contributed by atoms with Crippen molar-refractivity contribution in [2.24, 2.45) is 5.92 Å². The van der Waals surface area contributed by atoms with Gasteiger partial charge < -0.3 is 0 Å². The predicted molar refractivity (Wildman–Crippen MR) is 73.8 cm³/mol. The van der Waals surface area contributed by atoms with E-state index in [1.54, 1.807) is 6.20 Å². The highest BCUT2D eigenvalue weighted by Crippen LogP contribution is 2.36. The molecule has 1 heterocycles. The minimum atomic E-state index is 0.614. The van der Waals surface area contributed by atoms with E-state index in [-0.39, 0.29) is 0 Å². The van der Waals surface area contributed by atoms with Crippen LogP contribution in [0.5, 0.6) is 0 Å². The number of pyridine rings is 1. The molecule has 0 aromatic carbocycles. The van der Waals surface area contributed by atoms with Crippen LogP contribution < -0.4 is 0 Å². The summed E-state index contributed by atoms with van der Waals surface area (Å²) in [5.41, 5.74) is 1.85. The number of rotatable bonds is 5. The predicted octanol–water partition coefficient (Wildman–Crippen LogP) is 4.36. The van der Waals surface area contributed by atoms with Gasteiger partial charge in [0.25, 0.3) is 0 Å². The Bertz CT molecular complexity index is 363. The number of aromatic nitrogens is 1. The van der Waals surface area contributed by atoms with Crippen LogP contribution in [0.15, 0.2) is 18.3 Å². The summed E-state index contributed by atoms with van der Waals surface area (Å²) >= 11 is 0. The van der Waals surface area contributed by atoms with Crippen molar-refractivity contribution in [2.75, 3.05) is 0 Å². The molecule has 18 heavy (non-hydrogen) atoms. The van der Waals surface area contributed by atoms with Crippen molar-refractivity contribution in [3.63, 3.8) is 0 Å². The summed E-state index contributed by atoms with van der Waals surface area (Å²) in [5.74, 6) is 1.55. The number of nitrogens with zero attached hydrogens (tertiary/aromatic N) is 1. The smallest absolute Gasteiger partial charge is 0.151 e. The molecule has 98 valence electrons. The molecule has 0 saturated heterocycles. The lowest BCUT2D eigenvalue weighted by Crippen LogP contribution is -2.14. The van der Waals surface area contributed by atoms with Crippen LogP contribution in [-0.4, -0.2) is 11.3 Å². The molecule has 0 radical (unpaired) electrons. The largest absolute Gasteiger partial charge is 0.298 e. The number of carbonyl (C=O) groups excluding carboxylic acids is 1. The molecule has 1 aromatic rings. The second-order valence-electron chi connectivity index (χ2n) is 5.49. The maximum atomic E-state index is 10.6. The Labute approximate surface area is 110 Å². The third kappa shape index (κ3) is 3.41. The Morgan fingerprint density at radius 1 is 1.28 bits per heavy atom. The molecule has 1 aromatic heterocycles. The molecule has 2 heteroatoms. The molecule has 0 bridgehead atoms. The molecule has 1 aliphatic rings. The van der Waals surface area contributed by atoms with Crippen molar-refractivity contribution in [1.82, 2.24) is 4.98 Å². The van der Waals surface area contributed by atoms with Gasteiger partial charge in [0.1, 0.15) is 0 Å². The third-order valence-electron chi connectivity index (χ3n) is 4.18. The van der Waals surface area contributed by atoms with E-state index in [0.29, 0.717) is 11.5 Å². The minimum absolute atomic E-state index is 0.614. The molecule has 1 saturated carbocycles. The highest BCUT2D eigenvalue weighted by Gasteiger charge is 2.22. The molecular formula is C16H23NO. The standard InChI is InChI=1S/C16H23NO/c1-2-3-4-13-5-8-15(9-6-13)16-10-7-14(12-18)11-17-16/h7,10-13,15H,2-6,8-9H2,1H3/t13-,15-. The number of unbranched alkanes of at least 4 members (excludes halogenated alkanes) is 1. The molecular weight excluding hydrogens is 222 g/mol. The van der Waals surface area contributed by atoms with Gasteiger partial charge in [-0.1, -0.05) is 26.2 Å². The van der Waals surface area contributed by atoms with E-state index in [9.17, 15) is 4.79 Å². The first-order valence-electron chi connectivity index (χ1n) is 7.24. The van der Waals surface area contributed by atoms with Crippen molar-refractivity contribution in [3.8, 4) is 0 Å². The molecule has 1 aliphatic carbocycles. The average Bonchev–Trinajstić information content (AvgIpc) is 2.46. The lowest BCUT2D eigenvalue weighted by molar-refractivity contribution is 0.112. The third-order valence-corrected chi connectivity index (χ3v) is 4.18. The highest BCUT2D eigenvalue weighted by atomic mass is 16.1. The zero-order valence-electron chi connectivity index (χ0n) is 11.3. The maximum Gasteiger partial charge on any atom is 0.151 e. The highest BCUT2D eigenvalue weighted by molar-refractivity contribution is 5.73. The molecule has 2 nitrogen and oxygen atoms in total. The van der Waals surface area contributed by atoms with E-state index < -0.39 is 0 Å². The fraction of sp³-hybridized carbons (Fsp3) is 0.625. The van der Waals surface area contributed by atoms with Gasteiger partial charge in [-0.25, -0.2) is 0 Å². The van der Waals surface area contributed by atoms with Crippen LogP contribution in [0.1, 0.15) is 73.8 Å². The Kier molecular flexibility index (Phi) is 4.91. The van der Waals surface area contributed by atoms with Crippen LogP contribution in [0.2, 0.25) is 0 Å². The van der Waals surface area contributed by atoms with E-state index in [1.807, 2.05) is 12.1 Å². The van der Waals surface area contributed by atoms with E-state index in [2.05, 4.69) is 11.9 Å². The second kappa shape index (κ2) is 6.67. The lowest BCUT2D eigenvalue weighted by Gasteiger charge is -2.28. The first-order valence-corrected chi connectivity index (χ1v) is 7.24. The van der Waals surface area contributed by atoms with E-state index in [4.69, 9.17) is 0 Å². The minimum Gasteiger partial charge on any atom is -0.298 e. The molecule has 0 amide bonds. The average molecular weight is 245 g/mol. The fourth-order valence-corrected chi connectivity index (χ4v) is 2.97. The summed E-state index contributed by atoms with van der Waals surface area (Å²) in [6, 6.07) is 3.92. The van der Waals surface area contributed by atoms with Gasteiger partial charge in [-0.05, 0) is 43.7 Å². The van der Waals surface area contributed by atoms with Gasteiger partial charge in [-0.2, -0.15) is 0 Å². The number of aldehydes is 1. The molecule has 0 N–H and O–H groups in total. The van der Waals surface area contributed by atoms with Crippen molar-refractivity contribution in [1.29, 1.82) is 0 Å². The van der Waals surface area contributed by atoms with E-state index >= 15 is 0 Å². The van der Waals surface area contributed by atoms with E-state index in [0.717, 1.165) is 12.2 Å². The summed E-state index contributed by atoms with van der Waals surface area (Å²) in [5, 5.41) is 0. The Morgan fingerprint density at radius 2 is 2.06 bits per heavy atom. The normalized spacial score (nSPS) is 23.8. The summed E-state index contributed by atoms with van der Waals surface area (Å²) in [6.07, 6.45) is 11.9. The van der Waals surface area contributed by atoms with Gasteiger partial charge >= 0.3 is 0 Å². The molecule has 2 rings (SSSR count). The topological polar surface area (TPSA) is 30.0 Å². The van der Waals surface area contributed by atoms with Crippen molar-refractivity contribution >= 4 is 6.29 Å². The second-order valence-corrected chi connectivity index (χ2v) is 5.49. The SMILES string of the molecule is CCCC[C@H]1CC[C@H](c2ccc(C=O)cn2)CC1. The first-order chi connectivity index (χ1) is 8.83. The molecule has 0 atom stereocenters. The van der Waals surface area contributed by atoms with Gasteiger partial charge in [0.2, 0.25) is 0 Å². The van der Waals surface area contributed by atoms with Crippen LogP contribution >= 0.6 is 0 Å². The molecule has 0 aliphatic heterocycles. The van der Waals surface area contributed by atoms with Crippen LogP contribution in [0, 0.1) is 5.92 Å². The van der Waals surface area contributed by atoms with Gasteiger partial charge in [0.15, 0.2) is 6.29 Å². The van der Waals surface area contributed by atoms with Crippen molar-refractivity contribution < 1.29 is 4.79 Å². The van der Waals surface area contributed by atoms with Gasteiger partial charge in [0.05, 0.1) is 0 Å². The first kappa shape index (κ1) is 13.3. The lowest BCUT2D eigenvalue weighted by atomic mass is 9.78. The van der Waals surface area contributed by atoms with Crippen molar-refractivity contribution in [3.05, 3.63) is 29.6 Å². The number of hydrogen-bond acceptors (Lipinski definition) is 2. The van der Waals surface area contributed by atoms with Crippen LogP contribution in [0.3, 0.4) is 0 Å². The van der Waals surface area contributed by atoms with Gasteiger partial charge in [-0.3, -0.25) is 9.78 Å². The molecule has 0 spiro atoms. The van der Waals surface area contributed by atoms with E-state index in [1.165, 1.54) is 50.6 Å². The van der Waals surface area contributed by atoms with Gasteiger partial charge in [-0.15, -0.1) is 0 Å². The fourth-order valence-electron chi connectivity index (χ4n) is 2.97. The zero-order valence-corrected chi connectivity index (χ0v) is 11.3. The summed E-state index contributed by atoms with van der Waals surface area (Å²) in [6.45, 7) is 2.27. The Hall–Kier alpha value is -1.18. The summed E-state index contributed by atoms with van der Waals surface area (Å²) < 4.78 is 0. The van der Waals surface area contributed by atoms with Gasteiger partial charge in [0, 0.05) is 23.4 Å². The molecule has 1 fully saturated rings. The zero-order chi connectivity index (χ0) is 12.8. The number of hydrogen-bond donors (Lipinski definition) is 0. The maximum absolute atomic E-state index is 10.6. The van der Waals surface area contributed by atoms with Crippen LogP contribution in [0.4, 0.5) is 0 Å². The quantitative estimate of drug-likeness (QED) is 0.721.